The Kier molecular flexibility index (Phi) is 3.52. The van der Waals surface area contributed by atoms with Crippen molar-refractivity contribution in [2.24, 2.45) is 0 Å². The van der Waals surface area contributed by atoms with E-state index < -0.39 is 0 Å². The molecule has 2 aromatic rings. The molecule has 0 aromatic carbocycles. The second-order valence-corrected chi connectivity index (χ2v) is 5.14. The molecule has 6 nitrogen and oxygen atoms in total. The van der Waals surface area contributed by atoms with Gasteiger partial charge in [-0.25, -0.2) is 14.6 Å². The van der Waals surface area contributed by atoms with Crippen LogP contribution in [0, 0.1) is 11.3 Å². The fraction of sp³-hybridized carbons (Fsp3) is 0.385. The van der Waals surface area contributed by atoms with Gasteiger partial charge in [0.2, 0.25) is 0 Å². The predicted octanol–water partition coefficient (Wildman–Crippen LogP) is 2.04. The molecule has 0 bridgehead atoms. The molecule has 0 saturated carbocycles. The number of hydrogen-bond donors (Lipinski definition) is 0. The van der Waals surface area contributed by atoms with E-state index in [1.54, 1.807) is 24.9 Å². The summed E-state index contributed by atoms with van der Waals surface area (Å²) in [5.74, 6) is 0.753. The Morgan fingerprint density at radius 2 is 2.15 bits per heavy atom. The Morgan fingerprint density at radius 1 is 1.35 bits per heavy atom. The van der Waals surface area contributed by atoms with Gasteiger partial charge in [0.05, 0.1) is 16.6 Å². The molecule has 1 fully saturated rings. The zero-order valence-corrected chi connectivity index (χ0v) is 11.5. The number of aromatic nitrogens is 4. The summed E-state index contributed by atoms with van der Waals surface area (Å²) in [4.78, 5) is 10.4. The second kappa shape index (κ2) is 5.47. The van der Waals surface area contributed by atoms with Gasteiger partial charge in [0.1, 0.15) is 24.5 Å². The molecule has 0 unspecified atom stereocenters. The van der Waals surface area contributed by atoms with Crippen molar-refractivity contribution in [3.05, 3.63) is 35.5 Å². The van der Waals surface area contributed by atoms with E-state index in [1.165, 1.54) is 0 Å². The lowest BCUT2D eigenvalue weighted by atomic mass is 10.1. The molecule has 0 N–H and O–H groups in total. The number of pyridine rings is 1. The number of halogens is 1. The molecule has 0 radical (unpaired) electrons. The summed E-state index contributed by atoms with van der Waals surface area (Å²) in [6.45, 7) is 1.73. The third-order valence-electron chi connectivity index (χ3n) is 3.53. The van der Waals surface area contributed by atoms with Crippen LogP contribution in [0.25, 0.3) is 0 Å². The highest BCUT2D eigenvalue weighted by Gasteiger charge is 2.23. The average molecular weight is 289 g/mol. The van der Waals surface area contributed by atoms with E-state index in [-0.39, 0.29) is 0 Å². The Morgan fingerprint density at radius 3 is 2.75 bits per heavy atom. The van der Waals surface area contributed by atoms with Crippen molar-refractivity contribution in [3.63, 3.8) is 0 Å². The summed E-state index contributed by atoms with van der Waals surface area (Å²) < 4.78 is 1.91. The monoisotopic (exact) mass is 288 g/mol. The molecule has 3 rings (SSSR count). The third-order valence-corrected chi connectivity index (χ3v) is 3.80. The molecule has 0 amide bonds. The minimum absolute atomic E-state index is 0.380. The molecule has 3 heterocycles. The van der Waals surface area contributed by atoms with Crippen LogP contribution in [0.15, 0.2) is 24.9 Å². The van der Waals surface area contributed by atoms with Gasteiger partial charge in [-0.1, -0.05) is 11.6 Å². The van der Waals surface area contributed by atoms with Crippen LogP contribution in [0.1, 0.15) is 24.4 Å². The Labute approximate surface area is 121 Å². The fourth-order valence-corrected chi connectivity index (χ4v) is 2.76. The van der Waals surface area contributed by atoms with Crippen LogP contribution in [0.5, 0.6) is 0 Å². The van der Waals surface area contributed by atoms with E-state index in [0.717, 1.165) is 31.7 Å². The van der Waals surface area contributed by atoms with Crippen LogP contribution >= 0.6 is 11.6 Å². The zero-order chi connectivity index (χ0) is 13.9. The highest BCUT2D eigenvalue weighted by Crippen LogP contribution is 2.29. The molecular formula is C13H13ClN6. The lowest BCUT2D eigenvalue weighted by molar-refractivity contribution is 0.365. The predicted molar refractivity (Wildman–Crippen MR) is 74.5 cm³/mol. The van der Waals surface area contributed by atoms with Gasteiger partial charge in [-0.2, -0.15) is 10.4 Å². The molecule has 102 valence electrons. The lowest BCUT2D eigenvalue weighted by Crippen LogP contribution is -2.35. The summed E-state index contributed by atoms with van der Waals surface area (Å²) in [6.07, 6.45) is 6.83. The summed E-state index contributed by atoms with van der Waals surface area (Å²) >= 11 is 6.19. The SMILES string of the molecule is N#Cc1cnc(N2CCC(n3cncn3)CC2)c(Cl)c1. The van der Waals surface area contributed by atoms with Crippen LogP contribution in [-0.4, -0.2) is 32.8 Å². The number of piperidine rings is 1. The average Bonchev–Trinajstić information content (AvgIpc) is 3.01. The minimum atomic E-state index is 0.380. The van der Waals surface area contributed by atoms with Crippen molar-refractivity contribution in [3.8, 4) is 6.07 Å². The normalized spacial score (nSPS) is 16.1. The number of anilines is 1. The Hall–Kier alpha value is -2.13. The van der Waals surface area contributed by atoms with Gasteiger partial charge in [0.25, 0.3) is 0 Å². The van der Waals surface area contributed by atoms with E-state index in [4.69, 9.17) is 16.9 Å². The Balaban J connectivity index is 1.71. The summed E-state index contributed by atoms with van der Waals surface area (Å²) in [5.41, 5.74) is 0.483. The third kappa shape index (κ3) is 2.45. The van der Waals surface area contributed by atoms with Crippen molar-refractivity contribution in [2.75, 3.05) is 18.0 Å². The number of nitrogens with zero attached hydrogens (tertiary/aromatic N) is 6. The van der Waals surface area contributed by atoms with Crippen LogP contribution < -0.4 is 4.90 Å². The maximum absolute atomic E-state index is 8.83. The van der Waals surface area contributed by atoms with Gasteiger partial charge in [0.15, 0.2) is 0 Å². The lowest BCUT2D eigenvalue weighted by Gasteiger charge is -2.33. The summed E-state index contributed by atoms with van der Waals surface area (Å²) in [5, 5.41) is 13.5. The maximum Gasteiger partial charge on any atom is 0.147 e. The van der Waals surface area contributed by atoms with E-state index in [1.807, 2.05) is 10.8 Å². The first-order valence-corrected chi connectivity index (χ1v) is 6.80. The van der Waals surface area contributed by atoms with E-state index in [9.17, 15) is 0 Å². The van der Waals surface area contributed by atoms with Gasteiger partial charge in [0, 0.05) is 19.3 Å². The van der Waals surface area contributed by atoms with Gasteiger partial charge >= 0.3 is 0 Å². The summed E-state index contributed by atoms with van der Waals surface area (Å²) in [7, 11) is 0. The molecule has 2 aromatic heterocycles. The van der Waals surface area contributed by atoms with Gasteiger partial charge in [-0.05, 0) is 18.9 Å². The van der Waals surface area contributed by atoms with Crippen molar-refractivity contribution < 1.29 is 0 Å². The molecule has 0 spiro atoms. The van der Waals surface area contributed by atoms with E-state index in [0.29, 0.717) is 16.6 Å². The molecule has 1 aliphatic heterocycles. The quantitative estimate of drug-likeness (QED) is 0.846. The van der Waals surface area contributed by atoms with Crippen LogP contribution in [0.2, 0.25) is 5.02 Å². The van der Waals surface area contributed by atoms with Crippen LogP contribution in [0.3, 0.4) is 0 Å². The maximum atomic E-state index is 8.83. The van der Waals surface area contributed by atoms with Crippen molar-refractivity contribution in [2.45, 2.75) is 18.9 Å². The Bertz CT molecular complexity index is 625. The molecule has 7 heteroatoms. The zero-order valence-electron chi connectivity index (χ0n) is 10.8. The molecule has 0 atom stereocenters. The molecular weight excluding hydrogens is 276 g/mol. The highest BCUT2D eigenvalue weighted by molar-refractivity contribution is 6.33. The van der Waals surface area contributed by atoms with Gasteiger partial charge < -0.3 is 4.90 Å². The molecule has 0 aliphatic carbocycles. The first-order chi connectivity index (χ1) is 9.78. The van der Waals surface area contributed by atoms with Gasteiger partial charge in [-0.15, -0.1) is 0 Å². The first-order valence-electron chi connectivity index (χ1n) is 6.42. The van der Waals surface area contributed by atoms with Crippen molar-refractivity contribution in [1.29, 1.82) is 5.26 Å². The largest absolute Gasteiger partial charge is 0.355 e. The molecule has 20 heavy (non-hydrogen) atoms. The smallest absolute Gasteiger partial charge is 0.147 e. The van der Waals surface area contributed by atoms with Crippen molar-refractivity contribution in [1.82, 2.24) is 19.7 Å². The minimum Gasteiger partial charge on any atom is -0.355 e. The van der Waals surface area contributed by atoms with Crippen LogP contribution in [-0.2, 0) is 0 Å². The topological polar surface area (TPSA) is 70.6 Å². The second-order valence-electron chi connectivity index (χ2n) is 4.73. The number of rotatable bonds is 2. The summed E-state index contributed by atoms with van der Waals surface area (Å²) in [6, 6.07) is 4.08. The number of hydrogen-bond acceptors (Lipinski definition) is 5. The van der Waals surface area contributed by atoms with Gasteiger partial charge in [-0.3, -0.25) is 0 Å². The van der Waals surface area contributed by atoms with Crippen LogP contribution in [0.4, 0.5) is 5.82 Å². The number of nitriles is 1. The van der Waals surface area contributed by atoms with E-state index in [2.05, 4.69) is 20.0 Å². The van der Waals surface area contributed by atoms with E-state index >= 15 is 0 Å². The van der Waals surface area contributed by atoms with Crippen molar-refractivity contribution >= 4 is 17.4 Å². The first kappa shape index (κ1) is 12.9. The highest BCUT2D eigenvalue weighted by atomic mass is 35.5. The molecule has 1 aliphatic rings. The molecule has 1 saturated heterocycles. The standard InChI is InChI=1S/C13H13ClN6/c14-12-5-10(6-15)7-17-13(12)19-3-1-11(2-4-19)20-9-16-8-18-20/h5,7-9,11H,1-4H2. The fourth-order valence-electron chi connectivity index (χ4n) is 2.47.